The van der Waals surface area contributed by atoms with Crippen molar-refractivity contribution in [3.8, 4) is 0 Å². The van der Waals surface area contributed by atoms with Crippen molar-refractivity contribution in [1.29, 1.82) is 0 Å². The molecule has 0 aliphatic carbocycles. The van der Waals surface area contributed by atoms with E-state index in [1.807, 2.05) is 0 Å². The highest BCUT2D eigenvalue weighted by molar-refractivity contribution is 5.47. The normalized spacial score (nSPS) is 9.27. The molecule has 0 aliphatic heterocycles. The van der Waals surface area contributed by atoms with Crippen LogP contribution < -0.4 is 0 Å². The number of hydrogen-bond acceptors (Lipinski definition) is 0. The van der Waals surface area contributed by atoms with E-state index in [0.717, 1.165) is 0 Å². The van der Waals surface area contributed by atoms with Crippen molar-refractivity contribution in [2.24, 2.45) is 0 Å². The second-order valence-electron chi connectivity index (χ2n) is 1.80. The molecule has 0 atom stereocenters. The minimum absolute atomic E-state index is 0.638. The summed E-state index contributed by atoms with van der Waals surface area (Å²) in [6.45, 7) is 6.30. The largest absolute Gasteiger partial charge is 0.259 e. The van der Waals surface area contributed by atoms with Crippen LogP contribution in [0.5, 0.6) is 0 Å². The Balaban J connectivity index is 3.44. The topological polar surface area (TPSA) is 4.36 Å². The Bertz CT molecular complexity index is 327. The van der Waals surface area contributed by atoms with Gasteiger partial charge in [0.15, 0.2) is 5.82 Å². The molecular weight excluding hydrogens is 155 g/mol. The minimum atomic E-state index is -1.43. The van der Waals surface area contributed by atoms with Gasteiger partial charge < -0.3 is 0 Å². The SMILES string of the molecule is [C-]#[N+]c1c(F)ccc(F)c1F. The van der Waals surface area contributed by atoms with Gasteiger partial charge in [-0.3, -0.25) is 0 Å². The maximum atomic E-state index is 12.4. The summed E-state index contributed by atoms with van der Waals surface area (Å²) in [4.78, 5) is 2.49. The number of halogens is 3. The van der Waals surface area contributed by atoms with Gasteiger partial charge in [0, 0.05) is 0 Å². The summed E-state index contributed by atoms with van der Waals surface area (Å²) in [6.07, 6.45) is 0. The Morgan fingerprint density at radius 1 is 1.09 bits per heavy atom. The molecule has 0 saturated carbocycles. The Hall–Kier alpha value is -1.50. The quantitative estimate of drug-likeness (QED) is 0.402. The fraction of sp³-hybridized carbons (Fsp3) is 0. The fourth-order valence-corrected chi connectivity index (χ4v) is 0.619. The molecule has 0 fully saturated rings. The predicted molar refractivity (Wildman–Crippen MR) is 32.6 cm³/mol. The van der Waals surface area contributed by atoms with Crippen molar-refractivity contribution in [2.45, 2.75) is 0 Å². The molecular formula is C7H2F3N. The van der Waals surface area contributed by atoms with Crippen LogP contribution in [0, 0.1) is 24.0 Å². The van der Waals surface area contributed by atoms with Gasteiger partial charge in [-0.2, -0.15) is 0 Å². The van der Waals surface area contributed by atoms with Gasteiger partial charge in [-0.05, 0) is 12.1 Å². The molecule has 56 valence electrons. The molecule has 1 aromatic carbocycles. The molecule has 0 saturated heterocycles. The zero-order valence-corrected chi connectivity index (χ0v) is 5.24. The average molecular weight is 157 g/mol. The van der Waals surface area contributed by atoms with Gasteiger partial charge in [0.05, 0.1) is 6.57 Å². The molecule has 0 heterocycles. The predicted octanol–water partition coefficient (Wildman–Crippen LogP) is 2.65. The molecule has 4 heteroatoms. The summed E-state index contributed by atoms with van der Waals surface area (Å²) in [7, 11) is 0. The van der Waals surface area contributed by atoms with Crippen molar-refractivity contribution >= 4 is 5.69 Å². The lowest BCUT2D eigenvalue weighted by atomic mass is 10.3. The molecule has 1 aromatic rings. The third-order valence-electron chi connectivity index (χ3n) is 1.13. The summed E-state index contributed by atoms with van der Waals surface area (Å²) >= 11 is 0. The van der Waals surface area contributed by atoms with Crippen LogP contribution in [0.2, 0.25) is 0 Å². The molecule has 11 heavy (non-hydrogen) atoms. The number of hydrogen-bond donors (Lipinski definition) is 0. The number of nitrogens with zero attached hydrogens (tertiary/aromatic N) is 1. The molecule has 1 rings (SSSR count). The number of rotatable bonds is 0. The molecule has 0 N–H and O–H groups in total. The van der Waals surface area contributed by atoms with E-state index in [1.54, 1.807) is 0 Å². The van der Waals surface area contributed by atoms with Crippen LogP contribution in [0.15, 0.2) is 12.1 Å². The van der Waals surface area contributed by atoms with Gasteiger partial charge >= 0.3 is 0 Å². The lowest BCUT2D eigenvalue weighted by molar-refractivity contribution is 0.501. The molecule has 1 nitrogen and oxygen atoms in total. The molecule has 0 unspecified atom stereocenters. The van der Waals surface area contributed by atoms with Crippen LogP contribution in [0.1, 0.15) is 0 Å². The van der Waals surface area contributed by atoms with Crippen molar-refractivity contribution < 1.29 is 13.2 Å². The highest BCUT2D eigenvalue weighted by Gasteiger charge is 2.12. The number of benzene rings is 1. The highest BCUT2D eigenvalue weighted by atomic mass is 19.2. The monoisotopic (exact) mass is 157 g/mol. The second-order valence-corrected chi connectivity index (χ2v) is 1.80. The van der Waals surface area contributed by atoms with Gasteiger partial charge in [0.1, 0.15) is 11.6 Å². The zero-order chi connectivity index (χ0) is 8.43. The zero-order valence-electron chi connectivity index (χ0n) is 5.24. The van der Waals surface area contributed by atoms with E-state index in [4.69, 9.17) is 6.57 Å². The average Bonchev–Trinajstić information content (AvgIpc) is 1.99. The van der Waals surface area contributed by atoms with Gasteiger partial charge in [-0.15, -0.1) is 0 Å². The molecule has 0 amide bonds. The first-order valence-electron chi connectivity index (χ1n) is 2.67. The van der Waals surface area contributed by atoms with Crippen LogP contribution in [-0.2, 0) is 0 Å². The maximum Gasteiger partial charge on any atom is 0.259 e. The summed E-state index contributed by atoms with van der Waals surface area (Å²) < 4.78 is 37.1. The lowest BCUT2D eigenvalue weighted by Gasteiger charge is -1.95. The van der Waals surface area contributed by atoms with Crippen molar-refractivity contribution in [3.63, 3.8) is 0 Å². The van der Waals surface area contributed by atoms with E-state index >= 15 is 0 Å². The Kier molecular flexibility index (Phi) is 1.81. The van der Waals surface area contributed by atoms with Gasteiger partial charge in [0.2, 0.25) is 0 Å². The maximum absolute atomic E-state index is 12.4. The third-order valence-corrected chi connectivity index (χ3v) is 1.13. The standard InChI is InChI=1S/C7H2F3N/c1-11-7-5(9)3-2-4(8)6(7)10/h2-3H. The summed E-state index contributed by atoms with van der Waals surface area (Å²) in [5.41, 5.74) is -0.898. The van der Waals surface area contributed by atoms with Crippen LogP contribution in [0.25, 0.3) is 4.85 Å². The first-order chi connectivity index (χ1) is 5.16. The van der Waals surface area contributed by atoms with Gasteiger partial charge in [0.25, 0.3) is 5.69 Å². The highest BCUT2D eigenvalue weighted by Crippen LogP contribution is 2.23. The van der Waals surface area contributed by atoms with E-state index < -0.39 is 23.1 Å². The van der Waals surface area contributed by atoms with E-state index in [1.165, 1.54) is 0 Å². The van der Waals surface area contributed by atoms with Crippen LogP contribution in [0.3, 0.4) is 0 Å². The Morgan fingerprint density at radius 3 is 2.09 bits per heavy atom. The van der Waals surface area contributed by atoms with E-state index in [9.17, 15) is 13.2 Å². The van der Waals surface area contributed by atoms with Crippen LogP contribution in [-0.4, -0.2) is 0 Å². The van der Waals surface area contributed by atoms with Gasteiger partial charge in [-0.1, -0.05) is 0 Å². The fourth-order valence-electron chi connectivity index (χ4n) is 0.619. The van der Waals surface area contributed by atoms with Crippen molar-refractivity contribution in [3.05, 3.63) is 41.0 Å². The lowest BCUT2D eigenvalue weighted by Crippen LogP contribution is -1.85. The minimum Gasteiger partial charge on any atom is -0.232 e. The Labute approximate surface area is 60.9 Å². The molecule has 0 aliphatic rings. The second kappa shape index (κ2) is 2.62. The summed E-state index contributed by atoms with van der Waals surface area (Å²) in [5, 5.41) is 0. The van der Waals surface area contributed by atoms with E-state index in [2.05, 4.69) is 4.85 Å². The van der Waals surface area contributed by atoms with E-state index in [0.29, 0.717) is 12.1 Å². The molecule has 0 spiro atoms. The third kappa shape index (κ3) is 1.17. The van der Waals surface area contributed by atoms with Gasteiger partial charge in [-0.25, -0.2) is 18.0 Å². The first kappa shape index (κ1) is 7.61. The van der Waals surface area contributed by atoms with Crippen LogP contribution >= 0.6 is 0 Å². The van der Waals surface area contributed by atoms with Crippen LogP contribution in [0.4, 0.5) is 18.9 Å². The molecule has 0 bridgehead atoms. The molecule has 0 aromatic heterocycles. The van der Waals surface area contributed by atoms with Crippen molar-refractivity contribution in [1.82, 2.24) is 0 Å². The molecule has 0 radical (unpaired) electrons. The smallest absolute Gasteiger partial charge is 0.232 e. The summed E-state index contributed by atoms with van der Waals surface area (Å²) in [5.74, 6) is -3.68. The van der Waals surface area contributed by atoms with Crippen molar-refractivity contribution in [2.75, 3.05) is 0 Å². The Morgan fingerprint density at radius 2 is 1.64 bits per heavy atom. The first-order valence-corrected chi connectivity index (χ1v) is 2.67. The van der Waals surface area contributed by atoms with E-state index in [-0.39, 0.29) is 0 Å². The summed E-state index contributed by atoms with van der Waals surface area (Å²) in [6, 6.07) is 1.35.